The first-order valence-corrected chi connectivity index (χ1v) is 10.8. The monoisotopic (exact) mass is 429 g/mol. The van der Waals surface area contributed by atoms with Crippen LogP contribution >= 0.6 is 0 Å². The molecule has 1 atom stereocenters. The second kappa shape index (κ2) is 9.96. The number of piperidine rings is 1. The van der Waals surface area contributed by atoms with Crippen molar-refractivity contribution in [2.45, 2.75) is 19.4 Å². The summed E-state index contributed by atoms with van der Waals surface area (Å²) in [4.78, 5) is 30.2. The van der Waals surface area contributed by atoms with Crippen molar-refractivity contribution in [1.82, 2.24) is 10.3 Å². The molecule has 0 saturated carbocycles. The Bertz CT molecular complexity index is 1050. The highest BCUT2D eigenvalue weighted by atomic mass is 16.2. The van der Waals surface area contributed by atoms with Crippen LogP contribution in [-0.2, 0) is 11.3 Å². The van der Waals surface area contributed by atoms with Crippen LogP contribution in [0.15, 0.2) is 73.1 Å². The Hall–Kier alpha value is -3.87. The maximum Gasteiger partial charge on any atom is 0.251 e. The Morgan fingerprint density at radius 1 is 0.969 bits per heavy atom. The number of aromatic nitrogens is 1. The zero-order chi connectivity index (χ0) is 22.3. The van der Waals surface area contributed by atoms with Crippen LogP contribution in [0.3, 0.4) is 0 Å². The number of primary amides is 1. The lowest BCUT2D eigenvalue weighted by Crippen LogP contribution is -2.41. The number of hydrogen-bond acceptors (Lipinski definition) is 5. The molecule has 0 bridgehead atoms. The van der Waals surface area contributed by atoms with Crippen LogP contribution in [0.25, 0.3) is 0 Å². The van der Waals surface area contributed by atoms with Crippen LogP contribution in [0.5, 0.6) is 0 Å². The number of carbonyl (C=O) groups is 2. The predicted molar refractivity (Wildman–Crippen MR) is 126 cm³/mol. The summed E-state index contributed by atoms with van der Waals surface area (Å²) in [7, 11) is 0. The van der Waals surface area contributed by atoms with Crippen molar-refractivity contribution in [3.05, 3.63) is 84.2 Å². The normalized spacial score (nSPS) is 15.8. The summed E-state index contributed by atoms with van der Waals surface area (Å²) in [6, 6.07) is 19.2. The van der Waals surface area contributed by atoms with E-state index in [9.17, 15) is 9.59 Å². The first-order valence-electron chi connectivity index (χ1n) is 10.8. The van der Waals surface area contributed by atoms with E-state index < -0.39 is 0 Å². The van der Waals surface area contributed by atoms with Crippen molar-refractivity contribution in [1.29, 1.82) is 0 Å². The summed E-state index contributed by atoms with van der Waals surface area (Å²) in [6.07, 6.45) is 5.26. The van der Waals surface area contributed by atoms with E-state index in [1.54, 1.807) is 12.4 Å². The molecule has 2 aromatic carbocycles. The van der Waals surface area contributed by atoms with Gasteiger partial charge in [0, 0.05) is 54.7 Å². The van der Waals surface area contributed by atoms with E-state index in [1.807, 2.05) is 60.7 Å². The third-order valence-electron chi connectivity index (χ3n) is 5.69. The quantitative estimate of drug-likeness (QED) is 0.534. The van der Waals surface area contributed by atoms with Gasteiger partial charge in [0.05, 0.1) is 5.92 Å². The van der Waals surface area contributed by atoms with Gasteiger partial charge in [-0.15, -0.1) is 0 Å². The van der Waals surface area contributed by atoms with Crippen LogP contribution < -0.4 is 21.3 Å². The predicted octanol–water partition coefficient (Wildman–Crippen LogP) is 3.46. The molecule has 1 aromatic heterocycles. The third-order valence-corrected chi connectivity index (χ3v) is 5.69. The van der Waals surface area contributed by atoms with Gasteiger partial charge in [0.1, 0.15) is 0 Å². The number of pyridine rings is 1. The van der Waals surface area contributed by atoms with Gasteiger partial charge in [-0.3, -0.25) is 14.6 Å². The second-order valence-corrected chi connectivity index (χ2v) is 7.97. The number of anilines is 3. The van der Waals surface area contributed by atoms with Crippen LogP contribution in [0.1, 0.15) is 28.8 Å². The molecule has 0 spiro atoms. The molecule has 1 fully saturated rings. The van der Waals surface area contributed by atoms with E-state index in [0.717, 1.165) is 42.0 Å². The Morgan fingerprint density at radius 2 is 1.66 bits per heavy atom. The van der Waals surface area contributed by atoms with Crippen LogP contribution in [-0.4, -0.2) is 29.9 Å². The van der Waals surface area contributed by atoms with Crippen molar-refractivity contribution in [2.75, 3.05) is 23.3 Å². The number of nitrogens with one attached hydrogen (secondary N) is 2. The summed E-state index contributed by atoms with van der Waals surface area (Å²) in [5.74, 6) is -0.478. The maximum absolute atomic E-state index is 12.6. The standard InChI is InChI=1S/C25H27N5O2/c26-24(31)20-2-1-15-30(17-20)23-9-5-19(6-10-23)25(32)28-16-18-3-7-21(8-4-18)29-22-11-13-27-14-12-22/h3-14,20H,1-2,15-17H2,(H2,26,31)(H,27,29)(H,28,32). The number of nitrogens with two attached hydrogens (primary N) is 1. The molecule has 164 valence electrons. The summed E-state index contributed by atoms with van der Waals surface area (Å²) < 4.78 is 0. The lowest BCUT2D eigenvalue weighted by atomic mass is 9.97. The number of nitrogens with zero attached hydrogens (tertiary/aromatic N) is 2. The topological polar surface area (TPSA) is 100 Å². The van der Waals surface area contributed by atoms with Gasteiger partial charge in [-0.05, 0) is 66.9 Å². The van der Waals surface area contributed by atoms with E-state index in [2.05, 4.69) is 20.5 Å². The van der Waals surface area contributed by atoms with Crippen molar-refractivity contribution >= 4 is 28.9 Å². The van der Waals surface area contributed by atoms with Gasteiger partial charge >= 0.3 is 0 Å². The molecule has 1 aliphatic rings. The number of carbonyl (C=O) groups excluding carboxylic acids is 2. The Labute approximate surface area is 187 Å². The van der Waals surface area contributed by atoms with Gasteiger partial charge in [-0.2, -0.15) is 0 Å². The minimum Gasteiger partial charge on any atom is -0.371 e. The zero-order valence-corrected chi connectivity index (χ0v) is 17.8. The first kappa shape index (κ1) is 21.4. The number of hydrogen-bond donors (Lipinski definition) is 3. The van der Waals surface area contributed by atoms with Crippen molar-refractivity contribution in [3.63, 3.8) is 0 Å². The van der Waals surface area contributed by atoms with Crippen molar-refractivity contribution < 1.29 is 9.59 Å². The van der Waals surface area contributed by atoms with E-state index in [4.69, 9.17) is 5.73 Å². The molecule has 1 saturated heterocycles. The average molecular weight is 430 g/mol. The molecule has 32 heavy (non-hydrogen) atoms. The SMILES string of the molecule is NC(=O)C1CCCN(c2ccc(C(=O)NCc3ccc(Nc4ccncc4)cc3)cc2)C1. The molecule has 2 amide bonds. The molecule has 4 N–H and O–H groups in total. The minimum atomic E-state index is -0.244. The molecule has 1 unspecified atom stereocenters. The van der Waals surface area contributed by atoms with Gasteiger partial charge in [0.15, 0.2) is 0 Å². The Balaban J connectivity index is 1.30. The molecule has 1 aliphatic heterocycles. The summed E-state index contributed by atoms with van der Waals surface area (Å²) in [5.41, 5.74) is 10.0. The van der Waals surface area contributed by atoms with E-state index in [0.29, 0.717) is 18.7 Å². The Morgan fingerprint density at radius 3 is 2.34 bits per heavy atom. The highest BCUT2D eigenvalue weighted by molar-refractivity contribution is 5.94. The molecule has 7 nitrogen and oxygen atoms in total. The highest BCUT2D eigenvalue weighted by Crippen LogP contribution is 2.23. The molecule has 3 aromatic rings. The van der Waals surface area contributed by atoms with Gasteiger partial charge < -0.3 is 21.3 Å². The zero-order valence-electron chi connectivity index (χ0n) is 17.8. The first-order chi connectivity index (χ1) is 15.6. The van der Waals surface area contributed by atoms with E-state index >= 15 is 0 Å². The molecular weight excluding hydrogens is 402 g/mol. The summed E-state index contributed by atoms with van der Waals surface area (Å²) in [6.45, 7) is 1.97. The number of rotatable bonds is 7. The average Bonchev–Trinajstić information content (AvgIpc) is 2.84. The molecule has 2 heterocycles. The lowest BCUT2D eigenvalue weighted by Gasteiger charge is -2.33. The molecular formula is C25H27N5O2. The minimum absolute atomic E-state index is 0.113. The second-order valence-electron chi connectivity index (χ2n) is 7.97. The van der Waals surface area contributed by atoms with E-state index in [1.165, 1.54) is 0 Å². The smallest absolute Gasteiger partial charge is 0.251 e. The van der Waals surface area contributed by atoms with Gasteiger partial charge in [-0.25, -0.2) is 0 Å². The van der Waals surface area contributed by atoms with Gasteiger partial charge in [0.25, 0.3) is 5.91 Å². The van der Waals surface area contributed by atoms with Crippen LogP contribution in [0, 0.1) is 5.92 Å². The van der Waals surface area contributed by atoms with Crippen LogP contribution in [0.2, 0.25) is 0 Å². The summed E-state index contributed by atoms with van der Waals surface area (Å²) >= 11 is 0. The Kier molecular flexibility index (Phi) is 6.65. The summed E-state index contributed by atoms with van der Waals surface area (Å²) in [5, 5.41) is 6.27. The maximum atomic E-state index is 12.6. The third kappa shape index (κ3) is 5.43. The van der Waals surface area contributed by atoms with Gasteiger partial charge in [-0.1, -0.05) is 12.1 Å². The number of benzene rings is 2. The number of amides is 2. The van der Waals surface area contributed by atoms with Gasteiger partial charge in [0.2, 0.25) is 5.91 Å². The van der Waals surface area contributed by atoms with E-state index in [-0.39, 0.29) is 17.7 Å². The largest absolute Gasteiger partial charge is 0.371 e. The fourth-order valence-electron chi connectivity index (χ4n) is 3.86. The molecule has 0 aliphatic carbocycles. The van der Waals surface area contributed by atoms with Crippen molar-refractivity contribution in [3.8, 4) is 0 Å². The molecule has 0 radical (unpaired) electrons. The molecule has 7 heteroatoms. The van der Waals surface area contributed by atoms with Crippen molar-refractivity contribution in [2.24, 2.45) is 11.7 Å². The fourth-order valence-corrected chi connectivity index (χ4v) is 3.86. The molecule has 4 rings (SSSR count). The lowest BCUT2D eigenvalue weighted by molar-refractivity contribution is -0.122. The fraction of sp³-hybridized carbons (Fsp3) is 0.240. The highest BCUT2D eigenvalue weighted by Gasteiger charge is 2.24. The van der Waals surface area contributed by atoms with Crippen LogP contribution in [0.4, 0.5) is 17.1 Å².